The molecule has 2 unspecified atom stereocenters. The summed E-state index contributed by atoms with van der Waals surface area (Å²) in [4.78, 5) is 26.4. The molecule has 0 radical (unpaired) electrons. The highest BCUT2D eigenvalue weighted by Gasteiger charge is 2.40. The zero-order chi connectivity index (χ0) is 22.4. The molecule has 162 valence electrons. The van der Waals surface area contributed by atoms with Crippen LogP contribution in [0.15, 0.2) is 54.6 Å². The van der Waals surface area contributed by atoms with Crippen molar-refractivity contribution < 1.29 is 29.3 Å². The number of fused-ring (bicyclic) bond motifs is 4. The second-order valence-electron chi connectivity index (χ2n) is 8.11. The Morgan fingerprint density at radius 2 is 1.59 bits per heavy atom. The monoisotopic (exact) mass is 430 g/mol. The summed E-state index contributed by atoms with van der Waals surface area (Å²) >= 11 is 0. The molecule has 0 fully saturated rings. The number of ether oxygens (including phenoxy) is 2. The van der Waals surface area contributed by atoms with E-state index in [1.54, 1.807) is 37.4 Å². The second-order valence-corrected chi connectivity index (χ2v) is 8.11. The Bertz CT molecular complexity index is 1230. The Labute approximate surface area is 185 Å². The molecule has 0 bridgehead atoms. The van der Waals surface area contributed by atoms with Gasteiger partial charge in [0.1, 0.15) is 11.9 Å². The van der Waals surface area contributed by atoms with Crippen LogP contribution in [0.2, 0.25) is 0 Å². The molecule has 6 nitrogen and oxygen atoms in total. The number of hydrogen-bond acceptors (Lipinski definition) is 6. The van der Waals surface area contributed by atoms with Crippen molar-refractivity contribution in [3.63, 3.8) is 0 Å². The zero-order valence-electron chi connectivity index (χ0n) is 17.5. The number of aliphatic hydroxyl groups is 2. The van der Waals surface area contributed by atoms with E-state index >= 15 is 0 Å². The quantitative estimate of drug-likeness (QED) is 0.505. The smallest absolute Gasteiger partial charge is 0.194 e. The van der Waals surface area contributed by atoms with Gasteiger partial charge in [0, 0.05) is 28.7 Å². The minimum atomic E-state index is -1.13. The number of rotatable bonds is 5. The first-order chi connectivity index (χ1) is 15.5. The molecule has 6 heteroatoms. The fraction of sp³-hybridized carbons (Fsp3) is 0.231. The number of aliphatic hydroxyl groups excluding tert-OH is 2. The molecule has 5 rings (SSSR count). The van der Waals surface area contributed by atoms with E-state index in [2.05, 4.69) is 0 Å². The molecule has 0 saturated carbocycles. The second kappa shape index (κ2) is 7.98. The molecule has 0 amide bonds. The molecule has 2 aliphatic carbocycles. The minimum absolute atomic E-state index is 0.117. The maximum atomic E-state index is 13.2. The molecule has 0 aliphatic heterocycles. The fourth-order valence-corrected chi connectivity index (χ4v) is 4.63. The highest BCUT2D eigenvalue weighted by Crippen LogP contribution is 2.41. The lowest BCUT2D eigenvalue weighted by atomic mass is 9.79. The van der Waals surface area contributed by atoms with E-state index < -0.39 is 12.2 Å². The third kappa shape index (κ3) is 3.24. The molecule has 32 heavy (non-hydrogen) atoms. The van der Waals surface area contributed by atoms with Gasteiger partial charge in [0.25, 0.3) is 0 Å². The van der Waals surface area contributed by atoms with Gasteiger partial charge in [-0.1, -0.05) is 36.4 Å². The topological polar surface area (TPSA) is 93.1 Å². The molecule has 0 saturated heterocycles. The van der Waals surface area contributed by atoms with Gasteiger partial charge in [-0.2, -0.15) is 0 Å². The van der Waals surface area contributed by atoms with Crippen LogP contribution in [0.3, 0.4) is 0 Å². The summed E-state index contributed by atoms with van der Waals surface area (Å²) < 4.78 is 11.0. The van der Waals surface area contributed by atoms with Gasteiger partial charge in [0.2, 0.25) is 0 Å². The number of methoxy groups -OCH3 is 1. The summed E-state index contributed by atoms with van der Waals surface area (Å²) in [6.45, 7) is 0.457. The largest absolute Gasteiger partial charge is 0.497 e. The highest BCUT2D eigenvalue weighted by atomic mass is 16.5. The Kier molecular flexibility index (Phi) is 5.13. The van der Waals surface area contributed by atoms with Crippen molar-refractivity contribution in [2.45, 2.75) is 31.8 Å². The highest BCUT2D eigenvalue weighted by molar-refractivity contribution is 6.29. The van der Waals surface area contributed by atoms with E-state index in [1.165, 1.54) is 0 Å². The van der Waals surface area contributed by atoms with Gasteiger partial charge in [-0.15, -0.1) is 0 Å². The summed E-state index contributed by atoms with van der Waals surface area (Å²) in [5.74, 6) is 0.269. The van der Waals surface area contributed by atoms with Gasteiger partial charge in [0.05, 0.1) is 26.4 Å². The number of carbonyl (C=O) groups excluding carboxylic acids is 2. The van der Waals surface area contributed by atoms with Gasteiger partial charge in [0.15, 0.2) is 11.6 Å². The van der Waals surface area contributed by atoms with Crippen molar-refractivity contribution in [3.05, 3.63) is 99.1 Å². The summed E-state index contributed by atoms with van der Waals surface area (Å²) in [6, 6.07) is 15.9. The van der Waals surface area contributed by atoms with E-state index in [1.807, 2.05) is 24.3 Å². The van der Waals surface area contributed by atoms with Crippen molar-refractivity contribution in [1.29, 1.82) is 0 Å². The third-order valence-corrected chi connectivity index (χ3v) is 6.21. The Morgan fingerprint density at radius 1 is 0.906 bits per heavy atom. The van der Waals surface area contributed by atoms with Crippen LogP contribution in [0.25, 0.3) is 0 Å². The van der Waals surface area contributed by atoms with E-state index in [4.69, 9.17) is 9.47 Å². The standard InChI is InChI=1S/C26H22O6/c1-31-16-8-6-14(7-9-16)12-32-13-15-10-20-23(19-11-21(27)26(30)22(15)19)25(29)18-5-3-2-4-17(18)24(20)28/h2-10,21,26-27,30H,11-13H2,1H3. The molecule has 0 spiro atoms. The van der Waals surface area contributed by atoms with E-state index in [9.17, 15) is 19.8 Å². The average Bonchev–Trinajstić information content (AvgIpc) is 3.12. The predicted octanol–water partition coefficient (Wildman–Crippen LogP) is 3.14. The van der Waals surface area contributed by atoms with Crippen LogP contribution in [0.4, 0.5) is 0 Å². The molecule has 0 aromatic heterocycles. The molecular weight excluding hydrogens is 408 g/mol. The van der Waals surface area contributed by atoms with Crippen LogP contribution in [0.5, 0.6) is 5.75 Å². The fourth-order valence-electron chi connectivity index (χ4n) is 4.63. The number of benzene rings is 3. The minimum Gasteiger partial charge on any atom is -0.497 e. The lowest BCUT2D eigenvalue weighted by Crippen LogP contribution is -2.23. The lowest BCUT2D eigenvalue weighted by molar-refractivity contribution is 0.0305. The molecule has 2 atom stereocenters. The van der Waals surface area contributed by atoms with Crippen LogP contribution in [0, 0.1) is 0 Å². The van der Waals surface area contributed by atoms with Crippen LogP contribution >= 0.6 is 0 Å². The Balaban J connectivity index is 1.51. The van der Waals surface area contributed by atoms with Gasteiger partial charge < -0.3 is 19.7 Å². The first-order valence-electron chi connectivity index (χ1n) is 10.4. The summed E-state index contributed by atoms with van der Waals surface area (Å²) in [5.41, 5.74) is 3.90. The molecular formula is C26H22O6. The van der Waals surface area contributed by atoms with Gasteiger partial charge in [-0.3, -0.25) is 9.59 Å². The van der Waals surface area contributed by atoms with Crippen molar-refractivity contribution in [2.24, 2.45) is 0 Å². The van der Waals surface area contributed by atoms with Gasteiger partial charge in [-0.25, -0.2) is 0 Å². The molecule has 0 heterocycles. The lowest BCUT2D eigenvalue weighted by Gasteiger charge is -2.22. The average molecular weight is 430 g/mol. The summed E-state index contributed by atoms with van der Waals surface area (Å²) in [5, 5.41) is 21.0. The maximum Gasteiger partial charge on any atom is 0.194 e. The number of hydrogen-bond donors (Lipinski definition) is 2. The van der Waals surface area contributed by atoms with E-state index in [0.29, 0.717) is 45.6 Å². The maximum absolute atomic E-state index is 13.2. The normalized spacial score (nSPS) is 18.8. The van der Waals surface area contributed by atoms with Crippen LogP contribution < -0.4 is 4.74 Å². The van der Waals surface area contributed by atoms with Crippen LogP contribution in [-0.4, -0.2) is 35.0 Å². The Hall–Kier alpha value is -3.32. The predicted molar refractivity (Wildman–Crippen MR) is 116 cm³/mol. The first kappa shape index (κ1) is 20.6. The van der Waals surface area contributed by atoms with Gasteiger partial charge >= 0.3 is 0 Å². The summed E-state index contributed by atoms with van der Waals surface area (Å²) in [6.07, 6.45) is -2.04. The van der Waals surface area contributed by atoms with E-state index in [-0.39, 0.29) is 24.6 Å². The van der Waals surface area contributed by atoms with Gasteiger partial charge in [-0.05, 0) is 40.5 Å². The van der Waals surface area contributed by atoms with E-state index in [0.717, 1.165) is 11.3 Å². The number of carbonyl (C=O) groups is 2. The number of ketones is 2. The van der Waals surface area contributed by atoms with Crippen molar-refractivity contribution in [2.75, 3.05) is 7.11 Å². The first-order valence-corrected chi connectivity index (χ1v) is 10.4. The Morgan fingerprint density at radius 3 is 2.28 bits per heavy atom. The third-order valence-electron chi connectivity index (χ3n) is 6.21. The summed E-state index contributed by atoms with van der Waals surface area (Å²) in [7, 11) is 1.60. The molecule has 2 N–H and O–H groups in total. The molecule has 3 aromatic carbocycles. The molecule has 2 aliphatic rings. The zero-order valence-corrected chi connectivity index (χ0v) is 17.5. The van der Waals surface area contributed by atoms with Crippen molar-refractivity contribution in [1.82, 2.24) is 0 Å². The van der Waals surface area contributed by atoms with Crippen molar-refractivity contribution in [3.8, 4) is 5.75 Å². The van der Waals surface area contributed by atoms with Crippen molar-refractivity contribution >= 4 is 11.6 Å². The molecule has 3 aromatic rings. The SMILES string of the molecule is COc1ccc(COCc2cc3c(c4c2C(O)C(O)C4)C(=O)c2ccccc2C3=O)cc1. The van der Waals surface area contributed by atoms with Crippen LogP contribution in [-0.2, 0) is 24.4 Å². The van der Waals surface area contributed by atoms with Crippen LogP contribution in [0.1, 0.15) is 60.2 Å².